The number of nitro benzene ring substituents is 1. The maximum atomic E-state index is 12.8. The van der Waals surface area contributed by atoms with Crippen LogP contribution in [0, 0.1) is 10.1 Å². The highest BCUT2D eigenvalue weighted by Crippen LogP contribution is 2.27. The Kier molecular flexibility index (Phi) is 5.22. The van der Waals surface area contributed by atoms with Crippen molar-refractivity contribution < 1.29 is 22.9 Å². The Balaban J connectivity index is 1.82. The van der Waals surface area contributed by atoms with Gasteiger partial charge in [0.25, 0.3) is 5.91 Å². The number of carbonyl (C=O) groups is 1. The fraction of sp³-hybridized carbons (Fsp3) is 0.167. The number of anilines is 1. The molecule has 1 atom stereocenters. The van der Waals surface area contributed by atoms with Gasteiger partial charge in [0.15, 0.2) is 22.2 Å². The minimum absolute atomic E-state index is 0.0292. The molecular formula is C18H16N2O6S. The lowest BCUT2D eigenvalue weighted by Gasteiger charge is -2.27. The van der Waals surface area contributed by atoms with E-state index in [2.05, 4.69) is 0 Å². The molecule has 0 bridgehead atoms. The van der Waals surface area contributed by atoms with Gasteiger partial charge in [0.05, 0.1) is 16.7 Å². The third kappa shape index (κ3) is 4.32. The SMILES string of the molecule is O=C(COc1ccccc1[N+](=O)[O-])N(c1ccccc1)[C@@H]1C=CS(=O)(=O)C1. The summed E-state index contributed by atoms with van der Waals surface area (Å²) in [6.07, 6.45) is 1.45. The van der Waals surface area contributed by atoms with Crippen molar-refractivity contribution in [3.05, 3.63) is 76.2 Å². The van der Waals surface area contributed by atoms with E-state index in [0.717, 1.165) is 5.41 Å². The molecule has 0 fully saturated rings. The second-order valence-corrected chi connectivity index (χ2v) is 7.77. The third-order valence-electron chi connectivity index (χ3n) is 3.96. The Morgan fingerprint density at radius 2 is 1.81 bits per heavy atom. The van der Waals surface area contributed by atoms with E-state index < -0.39 is 33.3 Å². The molecule has 0 radical (unpaired) electrons. The molecule has 3 rings (SSSR count). The largest absolute Gasteiger partial charge is 0.477 e. The number of para-hydroxylation sites is 3. The Hall–Kier alpha value is -3.20. The van der Waals surface area contributed by atoms with Crippen molar-refractivity contribution in [1.82, 2.24) is 0 Å². The summed E-state index contributed by atoms with van der Waals surface area (Å²) in [5.41, 5.74) is 0.264. The summed E-state index contributed by atoms with van der Waals surface area (Å²) in [5, 5.41) is 12.1. The van der Waals surface area contributed by atoms with Crippen LogP contribution in [-0.4, -0.2) is 37.6 Å². The van der Waals surface area contributed by atoms with Crippen LogP contribution in [0.5, 0.6) is 5.75 Å². The number of hydrogen-bond acceptors (Lipinski definition) is 6. The first kappa shape index (κ1) is 18.6. The van der Waals surface area contributed by atoms with Crippen LogP contribution in [0.3, 0.4) is 0 Å². The van der Waals surface area contributed by atoms with Crippen LogP contribution >= 0.6 is 0 Å². The van der Waals surface area contributed by atoms with Crippen molar-refractivity contribution >= 4 is 27.1 Å². The molecule has 0 unspecified atom stereocenters. The van der Waals surface area contributed by atoms with Crippen LogP contribution in [0.4, 0.5) is 11.4 Å². The summed E-state index contributed by atoms with van der Waals surface area (Å²) in [6.45, 7) is -0.468. The van der Waals surface area contributed by atoms with E-state index in [-0.39, 0.29) is 17.2 Å². The summed E-state index contributed by atoms with van der Waals surface area (Å²) in [6, 6.07) is 13.7. The van der Waals surface area contributed by atoms with Crippen molar-refractivity contribution in [3.8, 4) is 5.75 Å². The first-order valence-corrected chi connectivity index (χ1v) is 9.73. The van der Waals surface area contributed by atoms with E-state index in [9.17, 15) is 23.3 Å². The van der Waals surface area contributed by atoms with Gasteiger partial charge in [0, 0.05) is 17.2 Å². The Morgan fingerprint density at radius 1 is 1.15 bits per heavy atom. The summed E-state index contributed by atoms with van der Waals surface area (Å²) in [4.78, 5) is 24.6. The van der Waals surface area contributed by atoms with Gasteiger partial charge in [-0.25, -0.2) is 8.42 Å². The van der Waals surface area contributed by atoms with E-state index in [1.54, 1.807) is 36.4 Å². The Labute approximate surface area is 155 Å². The molecule has 8 nitrogen and oxygen atoms in total. The molecule has 0 N–H and O–H groups in total. The number of ether oxygens (including phenoxy) is 1. The third-order valence-corrected chi connectivity index (χ3v) is 5.34. The highest BCUT2D eigenvalue weighted by molar-refractivity contribution is 7.94. The highest BCUT2D eigenvalue weighted by atomic mass is 32.2. The molecule has 0 saturated heterocycles. The zero-order chi connectivity index (χ0) is 19.4. The predicted molar refractivity (Wildman–Crippen MR) is 99.2 cm³/mol. The molecule has 2 aromatic carbocycles. The fourth-order valence-electron chi connectivity index (χ4n) is 2.77. The average molecular weight is 388 g/mol. The summed E-state index contributed by atoms with van der Waals surface area (Å²) in [7, 11) is -3.37. The van der Waals surface area contributed by atoms with Gasteiger partial charge in [-0.3, -0.25) is 14.9 Å². The Morgan fingerprint density at radius 3 is 2.44 bits per heavy atom. The lowest BCUT2D eigenvalue weighted by Crippen LogP contribution is -2.43. The maximum absolute atomic E-state index is 12.8. The molecule has 2 aromatic rings. The predicted octanol–water partition coefficient (Wildman–Crippen LogP) is 2.32. The molecule has 9 heteroatoms. The standard InChI is InChI=1S/C18H16N2O6S/c21-18(12-26-17-9-5-4-8-16(17)20(22)23)19(14-6-2-1-3-7-14)15-10-11-27(24,25)13-15/h1-11,15H,12-13H2/t15-/m1/s1. The van der Waals surface area contributed by atoms with Crippen LogP contribution in [0.15, 0.2) is 66.1 Å². The highest BCUT2D eigenvalue weighted by Gasteiger charge is 2.31. The number of nitro groups is 1. The number of rotatable bonds is 6. The van der Waals surface area contributed by atoms with Crippen LogP contribution in [0.25, 0.3) is 0 Å². The minimum Gasteiger partial charge on any atom is -0.477 e. The van der Waals surface area contributed by atoms with Gasteiger partial charge in [-0.1, -0.05) is 30.3 Å². The Bertz CT molecular complexity index is 988. The normalized spacial score (nSPS) is 17.4. The van der Waals surface area contributed by atoms with E-state index in [1.807, 2.05) is 0 Å². The molecule has 1 aliphatic rings. The molecule has 1 aliphatic heterocycles. The molecule has 140 valence electrons. The number of hydrogen-bond donors (Lipinski definition) is 0. The summed E-state index contributed by atoms with van der Waals surface area (Å²) in [5.74, 6) is -0.761. The fourth-order valence-corrected chi connectivity index (χ4v) is 4.04. The second-order valence-electron chi connectivity index (χ2n) is 5.84. The van der Waals surface area contributed by atoms with Crippen molar-refractivity contribution in [3.63, 3.8) is 0 Å². The van der Waals surface area contributed by atoms with Crippen molar-refractivity contribution in [2.24, 2.45) is 0 Å². The summed E-state index contributed by atoms with van der Waals surface area (Å²) >= 11 is 0. The minimum atomic E-state index is -3.37. The van der Waals surface area contributed by atoms with Crippen LogP contribution in [0.1, 0.15) is 0 Å². The zero-order valence-electron chi connectivity index (χ0n) is 14.1. The van der Waals surface area contributed by atoms with Gasteiger partial charge >= 0.3 is 5.69 Å². The van der Waals surface area contributed by atoms with Gasteiger partial charge in [-0.2, -0.15) is 0 Å². The molecule has 1 heterocycles. The molecule has 0 saturated carbocycles. The van der Waals surface area contributed by atoms with Crippen molar-refractivity contribution in [2.45, 2.75) is 6.04 Å². The topological polar surface area (TPSA) is 107 Å². The van der Waals surface area contributed by atoms with Gasteiger partial charge < -0.3 is 9.64 Å². The molecule has 1 amide bonds. The van der Waals surface area contributed by atoms with Crippen LogP contribution in [-0.2, 0) is 14.6 Å². The van der Waals surface area contributed by atoms with Gasteiger partial charge in [0.2, 0.25) is 0 Å². The van der Waals surface area contributed by atoms with E-state index in [4.69, 9.17) is 4.74 Å². The first-order chi connectivity index (χ1) is 12.9. The van der Waals surface area contributed by atoms with E-state index in [0.29, 0.717) is 5.69 Å². The molecule has 0 aliphatic carbocycles. The van der Waals surface area contributed by atoms with Crippen LogP contribution in [0.2, 0.25) is 0 Å². The first-order valence-electron chi connectivity index (χ1n) is 8.02. The van der Waals surface area contributed by atoms with Gasteiger partial charge in [-0.15, -0.1) is 0 Å². The number of nitrogens with zero attached hydrogens (tertiary/aromatic N) is 2. The number of benzene rings is 2. The monoisotopic (exact) mass is 388 g/mol. The van der Waals surface area contributed by atoms with E-state index in [1.165, 1.54) is 29.2 Å². The number of sulfone groups is 1. The van der Waals surface area contributed by atoms with Gasteiger partial charge in [-0.05, 0) is 24.3 Å². The average Bonchev–Trinajstić information content (AvgIpc) is 3.00. The van der Waals surface area contributed by atoms with E-state index >= 15 is 0 Å². The molecule has 0 aromatic heterocycles. The second kappa shape index (κ2) is 7.58. The van der Waals surface area contributed by atoms with Crippen molar-refractivity contribution in [1.29, 1.82) is 0 Å². The van der Waals surface area contributed by atoms with Crippen molar-refractivity contribution in [2.75, 3.05) is 17.3 Å². The summed E-state index contributed by atoms with van der Waals surface area (Å²) < 4.78 is 28.9. The lowest BCUT2D eigenvalue weighted by molar-refractivity contribution is -0.385. The zero-order valence-corrected chi connectivity index (χ0v) is 14.9. The molecular weight excluding hydrogens is 372 g/mol. The number of carbonyl (C=O) groups excluding carboxylic acids is 1. The smallest absolute Gasteiger partial charge is 0.310 e. The lowest BCUT2D eigenvalue weighted by atomic mass is 10.2. The van der Waals surface area contributed by atoms with Crippen LogP contribution < -0.4 is 9.64 Å². The molecule has 27 heavy (non-hydrogen) atoms. The molecule has 0 spiro atoms. The maximum Gasteiger partial charge on any atom is 0.310 e. The number of amides is 1. The quantitative estimate of drug-likeness (QED) is 0.555. The van der Waals surface area contributed by atoms with Gasteiger partial charge in [0.1, 0.15) is 0 Å².